The SMILES string of the molecule is CC(C)=CC(N)CC1CCCCC1. The van der Waals surface area contributed by atoms with E-state index in [-0.39, 0.29) is 0 Å². The largest absolute Gasteiger partial charge is 0.324 e. The highest BCUT2D eigenvalue weighted by molar-refractivity contribution is 5.00. The first kappa shape index (κ1) is 10.8. The van der Waals surface area contributed by atoms with Gasteiger partial charge in [-0.05, 0) is 26.2 Å². The van der Waals surface area contributed by atoms with Gasteiger partial charge < -0.3 is 5.73 Å². The average Bonchev–Trinajstić information content (AvgIpc) is 2.04. The monoisotopic (exact) mass is 181 g/mol. The van der Waals surface area contributed by atoms with Crippen molar-refractivity contribution in [3.63, 3.8) is 0 Å². The Bertz CT molecular complexity index is 162. The number of nitrogens with two attached hydrogens (primary N) is 1. The second kappa shape index (κ2) is 5.43. The van der Waals surface area contributed by atoms with Crippen LogP contribution in [0.25, 0.3) is 0 Å². The molecule has 1 nitrogen and oxygen atoms in total. The van der Waals surface area contributed by atoms with Crippen molar-refractivity contribution >= 4 is 0 Å². The summed E-state index contributed by atoms with van der Waals surface area (Å²) >= 11 is 0. The van der Waals surface area contributed by atoms with Gasteiger partial charge in [-0.3, -0.25) is 0 Å². The molecule has 1 fully saturated rings. The average molecular weight is 181 g/mol. The van der Waals surface area contributed by atoms with Gasteiger partial charge in [0.15, 0.2) is 0 Å². The van der Waals surface area contributed by atoms with E-state index in [2.05, 4.69) is 19.9 Å². The molecule has 0 aromatic rings. The molecule has 1 heteroatoms. The van der Waals surface area contributed by atoms with Crippen LogP contribution in [0, 0.1) is 5.92 Å². The lowest BCUT2D eigenvalue weighted by molar-refractivity contribution is 0.329. The van der Waals surface area contributed by atoms with Crippen LogP contribution in [0.15, 0.2) is 11.6 Å². The van der Waals surface area contributed by atoms with E-state index in [4.69, 9.17) is 5.73 Å². The molecule has 0 bridgehead atoms. The Morgan fingerprint density at radius 3 is 2.46 bits per heavy atom. The summed E-state index contributed by atoms with van der Waals surface area (Å²) in [7, 11) is 0. The van der Waals surface area contributed by atoms with E-state index in [0.29, 0.717) is 6.04 Å². The minimum absolute atomic E-state index is 0.299. The Balaban J connectivity index is 2.26. The maximum Gasteiger partial charge on any atom is 0.0228 e. The molecule has 0 saturated heterocycles. The normalized spacial score (nSPS) is 21.2. The fourth-order valence-corrected chi connectivity index (χ4v) is 2.30. The molecule has 0 spiro atoms. The van der Waals surface area contributed by atoms with Gasteiger partial charge >= 0.3 is 0 Å². The molecule has 1 rings (SSSR count). The highest BCUT2D eigenvalue weighted by atomic mass is 14.6. The standard InChI is InChI=1S/C12H23N/c1-10(2)8-12(13)9-11-6-4-3-5-7-11/h8,11-12H,3-7,9,13H2,1-2H3. The van der Waals surface area contributed by atoms with Crippen molar-refractivity contribution in [1.82, 2.24) is 0 Å². The highest BCUT2D eigenvalue weighted by Gasteiger charge is 2.15. The van der Waals surface area contributed by atoms with Crippen LogP contribution in [-0.4, -0.2) is 6.04 Å². The molecule has 1 unspecified atom stereocenters. The van der Waals surface area contributed by atoms with Crippen molar-refractivity contribution in [2.24, 2.45) is 11.7 Å². The lowest BCUT2D eigenvalue weighted by Crippen LogP contribution is -2.22. The molecule has 76 valence electrons. The highest BCUT2D eigenvalue weighted by Crippen LogP contribution is 2.27. The summed E-state index contributed by atoms with van der Waals surface area (Å²) in [6.45, 7) is 4.25. The van der Waals surface area contributed by atoms with E-state index in [0.717, 1.165) is 5.92 Å². The minimum Gasteiger partial charge on any atom is -0.324 e. The van der Waals surface area contributed by atoms with E-state index in [1.165, 1.54) is 44.1 Å². The molecule has 1 saturated carbocycles. The molecule has 1 atom stereocenters. The predicted molar refractivity (Wildman–Crippen MR) is 58.6 cm³/mol. The second-order valence-corrected chi connectivity index (χ2v) is 4.65. The van der Waals surface area contributed by atoms with Gasteiger partial charge in [-0.25, -0.2) is 0 Å². The van der Waals surface area contributed by atoms with Gasteiger partial charge in [-0.1, -0.05) is 43.8 Å². The maximum absolute atomic E-state index is 6.03. The number of rotatable bonds is 3. The topological polar surface area (TPSA) is 26.0 Å². The summed E-state index contributed by atoms with van der Waals surface area (Å²) in [6.07, 6.45) is 10.5. The molecule has 0 radical (unpaired) electrons. The lowest BCUT2D eigenvalue weighted by Gasteiger charge is -2.23. The molecule has 1 aliphatic rings. The fourth-order valence-electron chi connectivity index (χ4n) is 2.30. The Hall–Kier alpha value is -0.300. The molecule has 0 aromatic heterocycles. The number of hydrogen-bond acceptors (Lipinski definition) is 1. The first-order valence-electron chi connectivity index (χ1n) is 5.59. The third-order valence-electron chi connectivity index (χ3n) is 2.88. The summed E-state index contributed by atoms with van der Waals surface area (Å²) in [5.41, 5.74) is 7.38. The van der Waals surface area contributed by atoms with E-state index in [1.807, 2.05) is 0 Å². The van der Waals surface area contributed by atoms with Crippen LogP contribution < -0.4 is 5.73 Å². The van der Waals surface area contributed by atoms with Crippen LogP contribution in [0.3, 0.4) is 0 Å². The zero-order chi connectivity index (χ0) is 9.68. The Morgan fingerprint density at radius 1 is 1.31 bits per heavy atom. The van der Waals surface area contributed by atoms with Gasteiger partial charge in [0.25, 0.3) is 0 Å². The molecular weight excluding hydrogens is 158 g/mol. The third kappa shape index (κ3) is 4.47. The van der Waals surface area contributed by atoms with Gasteiger partial charge in [0.2, 0.25) is 0 Å². The van der Waals surface area contributed by atoms with E-state index in [1.54, 1.807) is 0 Å². The van der Waals surface area contributed by atoms with Crippen LogP contribution in [-0.2, 0) is 0 Å². The zero-order valence-corrected chi connectivity index (χ0v) is 9.05. The summed E-state index contributed by atoms with van der Waals surface area (Å²) in [5.74, 6) is 0.902. The first-order valence-corrected chi connectivity index (χ1v) is 5.59. The summed E-state index contributed by atoms with van der Waals surface area (Å²) in [6, 6.07) is 0.299. The lowest BCUT2D eigenvalue weighted by atomic mass is 9.85. The Labute approximate surface area is 82.4 Å². The minimum atomic E-state index is 0.299. The van der Waals surface area contributed by atoms with Crippen LogP contribution in [0.4, 0.5) is 0 Å². The van der Waals surface area contributed by atoms with Crippen LogP contribution in [0.5, 0.6) is 0 Å². The van der Waals surface area contributed by atoms with Crippen LogP contribution >= 0.6 is 0 Å². The van der Waals surface area contributed by atoms with Crippen molar-refractivity contribution < 1.29 is 0 Å². The molecule has 0 aliphatic heterocycles. The molecule has 13 heavy (non-hydrogen) atoms. The van der Waals surface area contributed by atoms with E-state index >= 15 is 0 Å². The molecule has 0 amide bonds. The molecule has 2 N–H and O–H groups in total. The quantitative estimate of drug-likeness (QED) is 0.664. The van der Waals surface area contributed by atoms with Crippen molar-refractivity contribution in [1.29, 1.82) is 0 Å². The smallest absolute Gasteiger partial charge is 0.0228 e. The Kier molecular flexibility index (Phi) is 4.51. The van der Waals surface area contributed by atoms with Gasteiger partial charge in [0.1, 0.15) is 0 Å². The summed E-state index contributed by atoms with van der Waals surface area (Å²) in [4.78, 5) is 0. The molecule has 0 heterocycles. The molecular formula is C12H23N. The summed E-state index contributed by atoms with van der Waals surface area (Å²) in [5, 5.41) is 0. The van der Waals surface area contributed by atoms with Crippen molar-refractivity contribution in [3.05, 3.63) is 11.6 Å². The van der Waals surface area contributed by atoms with Crippen molar-refractivity contribution in [2.45, 2.75) is 58.4 Å². The summed E-state index contributed by atoms with van der Waals surface area (Å²) < 4.78 is 0. The fraction of sp³-hybridized carbons (Fsp3) is 0.833. The van der Waals surface area contributed by atoms with Crippen LogP contribution in [0.1, 0.15) is 52.4 Å². The molecule has 1 aliphatic carbocycles. The van der Waals surface area contributed by atoms with Gasteiger partial charge in [-0.2, -0.15) is 0 Å². The maximum atomic E-state index is 6.03. The van der Waals surface area contributed by atoms with E-state index < -0.39 is 0 Å². The second-order valence-electron chi connectivity index (χ2n) is 4.65. The molecule has 0 aromatic carbocycles. The van der Waals surface area contributed by atoms with Gasteiger partial charge in [0.05, 0.1) is 0 Å². The number of hydrogen-bond donors (Lipinski definition) is 1. The first-order chi connectivity index (χ1) is 6.18. The number of allylic oxidation sites excluding steroid dienone is 1. The van der Waals surface area contributed by atoms with Crippen LogP contribution in [0.2, 0.25) is 0 Å². The third-order valence-corrected chi connectivity index (χ3v) is 2.88. The van der Waals surface area contributed by atoms with E-state index in [9.17, 15) is 0 Å². The van der Waals surface area contributed by atoms with Gasteiger partial charge in [-0.15, -0.1) is 0 Å². The Morgan fingerprint density at radius 2 is 1.92 bits per heavy atom. The zero-order valence-electron chi connectivity index (χ0n) is 9.05. The van der Waals surface area contributed by atoms with Crippen molar-refractivity contribution in [2.75, 3.05) is 0 Å². The van der Waals surface area contributed by atoms with Gasteiger partial charge in [0, 0.05) is 6.04 Å². The predicted octanol–water partition coefficient (Wildman–Crippen LogP) is 3.25. The van der Waals surface area contributed by atoms with Crippen molar-refractivity contribution in [3.8, 4) is 0 Å².